The summed E-state index contributed by atoms with van der Waals surface area (Å²) in [6, 6.07) is 12.4. The molecule has 1 aromatic heterocycles. The highest BCUT2D eigenvalue weighted by Crippen LogP contribution is 2.44. The zero-order valence-electron chi connectivity index (χ0n) is 17.3. The summed E-state index contributed by atoms with van der Waals surface area (Å²) in [4.78, 5) is 4.59. The van der Waals surface area contributed by atoms with E-state index in [0.717, 1.165) is 22.4 Å². The van der Waals surface area contributed by atoms with E-state index in [1.54, 1.807) is 25.3 Å². The Kier molecular flexibility index (Phi) is 5.55. The van der Waals surface area contributed by atoms with Crippen LogP contribution in [0.5, 0.6) is 5.75 Å². The molecule has 1 aliphatic rings. The second-order valence-corrected chi connectivity index (χ2v) is 7.76. The molecule has 2 unspecified atom stereocenters. The van der Waals surface area contributed by atoms with Crippen LogP contribution in [0.3, 0.4) is 0 Å². The molecule has 0 saturated heterocycles. The predicted octanol–water partition coefficient (Wildman–Crippen LogP) is 5.93. The lowest BCUT2D eigenvalue weighted by Crippen LogP contribution is -2.21. The van der Waals surface area contributed by atoms with Crippen molar-refractivity contribution in [2.45, 2.75) is 32.6 Å². The minimum absolute atomic E-state index is 0.114. The van der Waals surface area contributed by atoms with Crippen molar-refractivity contribution >= 4 is 0 Å². The molecule has 152 valence electrons. The maximum atomic E-state index is 14.6. The fraction of sp³-hybridized carbons (Fsp3) is 0.269. The number of pyridine rings is 1. The van der Waals surface area contributed by atoms with Gasteiger partial charge in [0.15, 0.2) is 11.6 Å². The van der Waals surface area contributed by atoms with E-state index in [2.05, 4.69) is 29.8 Å². The van der Waals surface area contributed by atoms with Crippen molar-refractivity contribution in [1.82, 2.24) is 4.98 Å². The van der Waals surface area contributed by atoms with E-state index >= 15 is 0 Å². The first kappa shape index (κ1) is 20.1. The van der Waals surface area contributed by atoms with Gasteiger partial charge >= 0.3 is 0 Å². The van der Waals surface area contributed by atoms with E-state index < -0.39 is 0 Å². The van der Waals surface area contributed by atoms with E-state index in [-0.39, 0.29) is 29.2 Å². The van der Waals surface area contributed by atoms with Gasteiger partial charge in [-0.2, -0.15) is 0 Å². The highest BCUT2D eigenvalue weighted by atomic mass is 19.1. The number of benzene rings is 2. The van der Waals surface area contributed by atoms with Gasteiger partial charge in [0.05, 0.1) is 12.8 Å². The third-order valence-electron chi connectivity index (χ3n) is 5.86. The van der Waals surface area contributed by atoms with Gasteiger partial charge in [-0.1, -0.05) is 25.0 Å². The molecule has 2 nitrogen and oxygen atoms in total. The number of nitrogens with zero attached hydrogens (tertiary/aromatic N) is 1. The average Bonchev–Trinajstić information content (AvgIpc) is 2.74. The van der Waals surface area contributed by atoms with Crippen LogP contribution in [0.4, 0.5) is 8.78 Å². The Morgan fingerprint density at radius 2 is 2.00 bits per heavy atom. The molecular formula is C26H23F2NO. The van der Waals surface area contributed by atoms with Crippen molar-refractivity contribution in [3.05, 3.63) is 82.5 Å². The quantitative estimate of drug-likeness (QED) is 0.504. The summed E-state index contributed by atoms with van der Waals surface area (Å²) in [6.07, 6.45) is 3.01. The summed E-state index contributed by atoms with van der Waals surface area (Å²) in [6.45, 7) is 3.85. The number of rotatable bonds is 4. The topological polar surface area (TPSA) is 22.1 Å². The van der Waals surface area contributed by atoms with Crippen LogP contribution in [0.1, 0.15) is 42.0 Å². The summed E-state index contributed by atoms with van der Waals surface area (Å²) in [7, 11) is 1.46. The van der Waals surface area contributed by atoms with Gasteiger partial charge in [0.25, 0.3) is 0 Å². The average molecular weight is 403 g/mol. The third kappa shape index (κ3) is 3.68. The zero-order valence-corrected chi connectivity index (χ0v) is 17.3. The summed E-state index contributed by atoms with van der Waals surface area (Å²) < 4.78 is 34.2. The molecule has 1 heterocycles. The summed E-state index contributed by atoms with van der Waals surface area (Å²) in [5.74, 6) is 5.54. The Morgan fingerprint density at radius 3 is 2.73 bits per heavy atom. The Morgan fingerprint density at radius 1 is 1.17 bits per heavy atom. The van der Waals surface area contributed by atoms with Crippen LogP contribution in [-0.4, -0.2) is 12.1 Å². The molecule has 0 spiro atoms. The van der Waals surface area contributed by atoms with Crippen LogP contribution in [0.25, 0.3) is 11.3 Å². The molecule has 30 heavy (non-hydrogen) atoms. The van der Waals surface area contributed by atoms with E-state index in [1.165, 1.54) is 13.2 Å². The Balaban J connectivity index is 1.68. The largest absolute Gasteiger partial charge is 0.494 e. The number of hydrogen-bond acceptors (Lipinski definition) is 2. The monoisotopic (exact) mass is 403 g/mol. The van der Waals surface area contributed by atoms with Gasteiger partial charge in [-0.15, -0.1) is 5.92 Å². The number of methoxy groups -OCH3 is 1. The molecule has 0 aliphatic heterocycles. The maximum absolute atomic E-state index is 14.6. The van der Waals surface area contributed by atoms with Crippen molar-refractivity contribution in [1.29, 1.82) is 0 Å². The van der Waals surface area contributed by atoms with Gasteiger partial charge in [-0.05, 0) is 78.6 Å². The molecule has 0 saturated carbocycles. The number of fused-ring (bicyclic) bond motifs is 3. The third-order valence-corrected chi connectivity index (χ3v) is 5.86. The summed E-state index contributed by atoms with van der Waals surface area (Å²) in [5, 5.41) is 0. The van der Waals surface area contributed by atoms with Crippen LogP contribution in [0.2, 0.25) is 0 Å². The van der Waals surface area contributed by atoms with E-state index in [1.807, 2.05) is 18.2 Å². The van der Waals surface area contributed by atoms with Crippen LogP contribution in [-0.2, 0) is 12.8 Å². The number of hydrogen-bond donors (Lipinski definition) is 0. The van der Waals surface area contributed by atoms with Crippen LogP contribution in [0.15, 0.2) is 48.7 Å². The molecule has 0 radical (unpaired) electrons. The van der Waals surface area contributed by atoms with Gasteiger partial charge in [0.2, 0.25) is 0 Å². The molecule has 0 bridgehead atoms. The molecular weight excluding hydrogens is 380 g/mol. The van der Waals surface area contributed by atoms with E-state index in [4.69, 9.17) is 4.74 Å². The highest BCUT2D eigenvalue weighted by Gasteiger charge is 2.31. The molecule has 1 aliphatic carbocycles. The van der Waals surface area contributed by atoms with Gasteiger partial charge in [-0.3, -0.25) is 4.98 Å². The minimum Gasteiger partial charge on any atom is -0.494 e. The lowest BCUT2D eigenvalue weighted by atomic mass is 9.73. The second kappa shape index (κ2) is 8.28. The molecule has 4 rings (SSSR count). The molecule has 0 amide bonds. The Hall–Kier alpha value is -3.19. The Labute approximate surface area is 175 Å². The SMILES string of the molecule is CC#Cc1ccc(CC(C)C2Cc3cc(F)c(OC)cc3-c3ncccc32)c(F)c1. The van der Waals surface area contributed by atoms with Crippen molar-refractivity contribution in [2.75, 3.05) is 7.11 Å². The second-order valence-electron chi connectivity index (χ2n) is 7.76. The highest BCUT2D eigenvalue weighted by molar-refractivity contribution is 5.72. The summed E-state index contributed by atoms with van der Waals surface area (Å²) >= 11 is 0. The van der Waals surface area contributed by atoms with Crippen molar-refractivity contribution in [3.8, 4) is 28.8 Å². The van der Waals surface area contributed by atoms with Crippen LogP contribution in [0, 0.1) is 29.4 Å². The molecule has 2 aromatic carbocycles. The molecule has 3 aromatic rings. The van der Waals surface area contributed by atoms with Crippen LogP contribution < -0.4 is 4.74 Å². The first-order chi connectivity index (χ1) is 14.5. The van der Waals surface area contributed by atoms with Crippen molar-refractivity contribution in [2.24, 2.45) is 5.92 Å². The van der Waals surface area contributed by atoms with Gasteiger partial charge in [0, 0.05) is 17.3 Å². The minimum atomic E-state index is -0.374. The number of aromatic nitrogens is 1. The first-order valence-electron chi connectivity index (χ1n) is 10.0. The fourth-order valence-electron chi connectivity index (χ4n) is 4.36. The molecule has 2 atom stereocenters. The standard InChI is InChI=1S/C26H23F2NO/c1-4-6-17-8-9-18(23(27)12-17)11-16(2)21-13-19-14-24(28)25(30-3)15-22(19)26-20(21)7-5-10-29-26/h5,7-10,12,14-16,21H,11,13H2,1-3H3. The fourth-order valence-corrected chi connectivity index (χ4v) is 4.36. The van der Waals surface area contributed by atoms with Gasteiger partial charge in [0.1, 0.15) is 5.82 Å². The van der Waals surface area contributed by atoms with Crippen molar-refractivity contribution < 1.29 is 13.5 Å². The maximum Gasteiger partial charge on any atom is 0.165 e. The molecule has 4 heteroatoms. The number of ether oxygens (including phenoxy) is 1. The lowest BCUT2D eigenvalue weighted by Gasteiger charge is -2.31. The zero-order chi connectivity index (χ0) is 21.3. The molecule has 0 N–H and O–H groups in total. The van der Waals surface area contributed by atoms with Crippen LogP contribution >= 0.6 is 0 Å². The van der Waals surface area contributed by atoms with Gasteiger partial charge < -0.3 is 4.74 Å². The van der Waals surface area contributed by atoms with Crippen molar-refractivity contribution in [3.63, 3.8) is 0 Å². The number of halogens is 2. The molecule has 0 fully saturated rings. The van der Waals surface area contributed by atoms with Gasteiger partial charge in [-0.25, -0.2) is 8.78 Å². The first-order valence-corrected chi connectivity index (χ1v) is 10.0. The Bertz CT molecular complexity index is 1160. The summed E-state index contributed by atoms with van der Waals surface area (Å²) in [5.41, 5.74) is 5.12. The lowest BCUT2D eigenvalue weighted by molar-refractivity contribution is 0.385. The predicted molar refractivity (Wildman–Crippen MR) is 114 cm³/mol. The normalized spacial score (nSPS) is 15.4. The van der Waals surface area contributed by atoms with E-state index in [9.17, 15) is 8.78 Å². The smallest absolute Gasteiger partial charge is 0.165 e. The van der Waals surface area contributed by atoms with E-state index in [0.29, 0.717) is 24.0 Å².